The Morgan fingerprint density at radius 1 is 0.707 bits per heavy atom. The van der Waals surface area contributed by atoms with Crippen LogP contribution in [0.4, 0.5) is 22.0 Å². The monoisotopic (exact) mass is 558 g/mol. The maximum Gasteiger partial charge on any atom is 0.458 e. The molecule has 0 bridgehead atoms. The van der Waals surface area contributed by atoms with Crippen LogP contribution in [-0.2, 0) is 12.8 Å². The minimum Gasteiger partial charge on any atom is -0.206 e. The van der Waals surface area contributed by atoms with Gasteiger partial charge in [-0.25, -0.2) is 8.78 Å². The molecule has 0 radical (unpaired) electrons. The average molecular weight is 559 g/mol. The summed E-state index contributed by atoms with van der Waals surface area (Å²) in [6, 6.07) is 19.1. The zero-order chi connectivity index (χ0) is 28.7. The van der Waals surface area contributed by atoms with E-state index < -0.39 is 12.0 Å². The van der Waals surface area contributed by atoms with Gasteiger partial charge in [-0.1, -0.05) is 74.2 Å². The molecule has 4 aromatic rings. The molecule has 0 amide bonds. The molecule has 1 unspecified atom stereocenters. The second kappa shape index (κ2) is 11.0. The molecule has 0 aromatic heterocycles. The lowest BCUT2D eigenvalue weighted by atomic mass is 9.70. The van der Waals surface area contributed by atoms with Crippen molar-refractivity contribution in [3.05, 3.63) is 95.1 Å². The predicted octanol–water partition coefficient (Wildman–Crippen LogP) is 10.3. The summed E-state index contributed by atoms with van der Waals surface area (Å²) in [4.78, 5) is 0. The Balaban J connectivity index is 1.22. The number of fused-ring (bicyclic) bond motifs is 2. The van der Waals surface area contributed by atoms with Gasteiger partial charge in [-0.15, -0.1) is 0 Å². The zero-order valence-corrected chi connectivity index (χ0v) is 22.9. The largest absolute Gasteiger partial charge is 0.458 e. The van der Waals surface area contributed by atoms with Crippen LogP contribution in [0, 0.1) is 41.2 Å². The van der Waals surface area contributed by atoms with Crippen LogP contribution < -0.4 is 0 Å². The van der Waals surface area contributed by atoms with E-state index in [1.165, 1.54) is 67.5 Å². The van der Waals surface area contributed by atoms with Gasteiger partial charge in [-0.05, 0) is 101 Å². The van der Waals surface area contributed by atoms with Crippen molar-refractivity contribution in [1.82, 2.24) is 0 Å². The van der Waals surface area contributed by atoms with Crippen molar-refractivity contribution in [3.63, 3.8) is 0 Å². The van der Waals surface area contributed by atoms with E-state index in [0.717, 1.165) is 47.6 Å². The molecule has 0 heterocycles. The Bertz CT molecular complexity index is 1660. The highest BCUT2D eigenvalue weighted by Crippen LogP contribution is 2.40. The molecule has 4 aromatic carbocycles. The Labute approximate surface area is 237 Å². The maximum absolute atomic E-state index is 15.4. The molecule has 1 saturated carbocycles. The van der Waals surface area contributed by atoms with E-state index in [1.807, 2.05) is 12.0 Å². The third-order valence-corrected chi connectivity index (χ3v) is 9.11. The molecule has 0 N–H and O–H groups in total. The van der Waals surface area contributed by atoms with Gasteiger partial charge in [0.15, 0.2) is 0 Å². The number of hydrogen-bond acceptors (Lipinski definition) is 0. The molecular formula is C36H31F5. The Kier molecular flexibility index (Phi) is 7.36. The van der Waals surface area contributed by atoms with E-state index in [2.05, 4.69) is 25.1 Å². The zero-order valence-electron chi connectivity index (χ0n) is 22.9. The van der Waals surface area contributed by atoms with E-state index in [1.54, 1.807) is 18.2 Å². The van der Waals surface area contributed by atoms with Gasteiger partial charge in [0.05, 0.1) is 5.56 Å². The van der Waals surface area contributed by atoms with Crippen molar-refractivity contribution in [2.45, 2.75) is 58.0 Å². The number of aryl methyl sites for hydroxylation is 1. The van der Waals surface area contributed by atoms with Crippen molar-refractivity contribution in [2.24, 2.45) is 17.8 Å². The SMILES string of the molecule is CC1CCC(C2CCc3cc(-c4ccc(-c5ccc6c(F)c(C#CC(F)(F)F)ccc6c5)c(F)c4)ccc3C2)CC1. The molecule has 2 aliphatic carbocycles. The summed E-state index contributed by atoms with van der Waals surface area (Å²) in [6.07, 6.45) is 4.15. The summed E-state index contributed by atoms with van der Waals surface area (Å²) in [6.45, 7) is 2.37. The lowest BCUT2D eigenvalue weighted by Gasteiger charge is -2.35. The van der Waals surface area contributed by atoms with Gasteiger partial charge in [0.2, 0.25) is 0 Å². The third kappa shape index (κ3) is 5.89. The summed E-state index contributed by atoms with van der Waals surface area (Å²) in [7, 11) is 0. The van der Waals surface area contributed by atoms with Crippen molar-refractivity contribution in [2.75, 3.05) is 0 Å². The molecular weight excluding hydrogens is 527 g/mol. The quantitative estimate of drug-likeness (QED) is 0.173. The number of rotatable bonds is 3. The highest BCUT2D eigenvalue weighted by molar-refractivity contribution is 5.89. The Morgan fingerprint density at radius 3 is 2.20 bits per heavy atom. The number of hydrogen-bond donors (Lipinski definition) is 0. The van der Waals surface area contributed by atoms with Gasteiger partial charge in [-0.3, -0.25) is 0 Å². The minimum absolute atomic E-state index is 0.133. The maximum atomic E-state index is 15.4. The highest BCUT2D eigenvalue weighted by atomic mass is 19.4. The van der Waals surface area contributed by atoms with Crippen molar-refractivity contribution in [1.29, 1.82) is 0 Å². The van der Waals surface area contributed by atoms with Gasteiger partial charge in [0.25, 0.3) is 0 Å². The first kappa shape index (κ1) is 27.5. The van der Waals surface area contributed by atoms with Gasteiger partial charge < -0.3 is 0 Å². The molecule has 210 valence electrons. The second-order valence-corrected chi connectivity index (χ2v) is 11.8. The summed E-state index contributed by atoms with van der Waals surface area (Å²) >= 11 is 0. The van der Waals surface area contributed by atoms with E-state index in [9.17, 15) is 17.6 Å². The summed E-state index contributed by atoms with van der Waals surface area (Å²) in [5.41, 5.74) is 5.19. The van der Waals surface area contributed by atoms with Crippen molar-refractivity contribution >= 4 is 10.8 Å². The lowest BCUT2D eigenvalue weighted by molar-refractivity contribution is -0.0696. The fraction of sp³-hybridized carbons (Fsp3) is 0.333. The molecule has 1 atom stereocenters. The number of benzene rings is 4. The lowest BCUT2D eigenvalue weighted by Crippen LogP contribution is -2.26. The normalized spacial score (nSPS) is 20.8. The first-order valence-electron chi connectivity index (χ1n) is 14.4. The van der Waals surface area contributed by atoms with Gasteiger partial charge in [0.1, 0.15) is 11.6 Å². The highest BCUT2D eigenvalue weighted by Gasteiger charge is 2.29. The van der Waals surface area contributed by atoms with Gasteiger partial charge >= 0.3 is 6.18 Å². The molecule has 1 fully saturated rings. The van der Waals surface area contributed by atoms with E-state index >= 15 is 4.39 Å². The van der Waals surface area contributed by atoms with Crippen molar-refractivity contribution < 1.29 is 22.0 Å². The molecule has 0 nitrogen and oxygen atoms in total. The molecule has 2 aliphatic rings. The summed E-state index contributed by atoms with van der Waals surface area (Å²) in [5.74, 6) is 4.22. The fourth-order valence-electron chi connectivity index (χ4n) is 6.75. The van der Waals surface area contributed by atoms with Gasteiger partial charge in [0, 0.05) is 16.9 Å². The molecule has 6 rings (SSSR count). The van der Waals surface area contributed by atoms with Crippen LogP contribution >= 0.6 is 0 Å². The smallest absolute Gasteiger partial charge is 0.206 e. The summed E-state index contributed by atoms with van der Waals surface area (Å²) < 4.78 is 67.5. The topological polar surface area (TPSA) is 0 Å². The van der Waals surface area contributed by atoms with Crippen LogP contribution in [0.25, 0.3) is 33.0 Å². The molecule has 0 saturated heterocycles. The summed E-state index contributed by atoms with van der Waals surface area (Å²) in [5, 5.41) is 0.589. The van der Waals surface area contributed by atoms with Crippen LogP contribution in [0.15, 0.2) is 66.7 Å². The average Bonchev–Trinajstić information content (AvgIpc) is 2.96. The first-order chi connectivity index (χ1) is 19.6. The van der Waals surface area contributed by atoms with Gasteiger partial charge in [-0.2, -0.15) is 13.2 Å². The second-order valence-electron chi connectivity index (χ2n) is 11.8. The Hall–Kier alpha value is -3.65. The fourth-order valence-corrected chi connectivity index (χ4v) is 6.75. The number of alkyl halides is 3. The van der Waals surface area contributed by atoms with Crippen LogP contribution in [-0.4, -0.2) is 6.18 Å². The van der Waals surface area contributed by atoms with Crippen LogP contribution in [0.1, 0.15) is 55.7 Å². The molecule has 41 heavy (non-hydrogen) atoms. The van der Waals surface area contributed by atoms with E-state index in [0.29, 0.717) is 16.5 Å². The van der Waals surface area contributed by atoms with Crippen LogP contribution in [0.3, 0.4) is 0 Å². The molecule has 0 spiro atoms. The van der Waals surface area contributed by atoms with Crippen LogP contribution in [0.5, 0.6) is 0 Å². The molecule has 5 heteroatoms. The number of halogens is 5. The van der Waals surface area contributed by atoms with Crippen molar-refractivity contribution in [3.8, 4) is 34.1 Å². The standard InChI is InChI=1S/C36H31F5/c1-22-2-4-23(5-3-22)25-7-8-27-19-28(10-9-26(27)18-25)29-12-14-32(34(37)21-29)30-13-15-33-31(20-30)11-6-24(35(33)38)16-17-36(39,40)41/h6,9-15,19-23,25H,2-5,7-8,18H2,1H3. The minimum atomic E-state index is -4.70. The first-order valence-corrected chi connectivity index (χ1v) is 14.4. The predicted molar refractivity (Wildman–Crippen MR) is 154 cm³/mol. The Morgan fingerprint density at radius 2 is 1.44 bits per heavy atom. The third-order valence-electron chi connectivity index (χ3n) is 9.11. The van der Waals surface area contributed by atoms with Crippen LogP contribution in [0.2, 0.25) is 0 Å². The van der Waals surface area contributed by atoms with E-state index in [4.69, 9.17) is 0 Å². The van der Waals surface area contributed by atoms with E-state index in [-0.39, 0.29) is 16.8 Å². The molecule has 0 aliphatic heterocycles.